The van der Waals surface area contributed by atoms with Crippen molar-refractivity contribution in [2.75, 3.05) is 6.61 Å². The summed E-state index contributed by atoms with van der Waals surface area (Å²) in [5.41, 5.74) is 0. The number of nitrogens with zero attached hydrogens (tertiary/aromatic N) is 1. The molecule has 0 saturated carbocycles. The first-order valence-corrected chi connectivity index (χ1v) is 5.10. The molecule has 0 aromatic heterocycles. The van der Waals surface area contributed by atoms with E-state index in [-0.39, 0.29) is 6.61 Å². The average Bonchev–Trinajstić information content (AvgIpc) is 2.08. The lowest BCUT2D eigenvalue weighted by Gasteiger charge is -2.11. The highest BCUT2D eigenvalue weighted by molar-refractivity contribution is 8.12. The molecule has 5 nitrogen and oxygen atoms in total. The van der Waals surface area contributed by atoms with Gasteiger partial charge in [-0.2, -0.15) is 12.7 Å². The average molecular weight is 200 g/mol. The van der Waals surface area contributed by atoms with E-state index in [4.69, 9.17) is 10.7 Å². The Hall–Kier alpha value is -0.490. The van der Waals surface area contributed by atoms with Crippen molar-refractivity contribution >= 4 is 26.0 Å². The first-order valence-electron chi connectivity index (χ1n) is 2.83. The number of carbonyl (C=O) groups excluding carboxylic acids is 1. The fourth-order valence-corrected chi connectivity index (χ4v) is 2.11. The van der Waals surface area contributed by atoms with Gasteiger partial charge in [-0.15, -0.1) is 0 Å². The normalized spacial score (nSPS) is 25.5. The van der Waals surface area contributed by atoms with E-state index in [1.165, 1.54) is 6.92 Å². The molecule has 11 heavy (non-hydrogen) atoms. The van der Waals surface area contributed by atoms with Crippen LogP contribution >= 0.6 is 10.7 Å². The third kappa shape index (κ3) is 1.57. The zero-order chi connectivity index (χ0) is 8.65. The molecule has 7 heteroatoms. The molecule has 1 saturated heterocycles. The first-order chi connectivity index (χ1) is 4.93. The van der Waals surface area contributed by atoms with Crippen molar-refractivity contribution in [1.29, 1.82) is 0 Å². The molecule has 64 valence electrons. The lowest BCUT2D eigenvalue weighted by atomic mass is 10.4. The maximum absolute atomic E-state index is 10.7. The Balaban J connectivity index is 2.95. The minimum atomic E-state index is -3.97. The second-order valence-electron chi connectivity index (χ2n) is 2.16. The van der Waals surface area contributed by atoms with Gasteiger partial charge in [0.25, 0.3) is 0 Å². The molecule has 1 heterocycles. The summed E-state index contributed by atoms with van der Waals surface area (Å²) in [5, 5.41) is 0. The van der Waals surface area contributed by atoms with Crippen molar-refractivity contribution in [2.45, 2.75) is 13.0 Å². The van der Waals surface area contributed by atoms with Gasteiger partial charge >= 0.3 is 15.3 Å². The second-order valence-corrected chi connectivity index (χ2v) is 4.55. The van der Waals surface area contributed by atoms with Crippen LogP contribution in [0.3, 0.4) is 0 Å². The molecule has 0 unspecified atom stereocenters. The van der Waals surface area contributed by atoms with E-state index < -0.39 is 21.4 Å². The highest BCUT2D eigenvalue weighted by atomic mass is 35.7. The summed E-state index contributed by atoms with van der Waals surface area (Å²) in [5.74, 6) is 0. The molecule has 1 amide bonds. The number of carbonyl (C=O) groups is 1. The van der Waals surface area contributed by atoms with Crippen molar-refractivity contribution < 1.29 is 17.9 Å². The summed E-state index contributed by atoms with van der Waals surface area (Å²) in [6, 6.07) is -0.509. The van der Waals surface area contributed by atoms with Crippen molar-refractivity contribution in [1.82, 2.24) is 4.31 Å². The Morgan fingerprint density at radius 3 is 2.45 bits per heavy atom. The summed E-state index contributed by atoms with van der Waals surface area (Å²) in [6.07, 6.45) is -0.910. The quantitative estimate of drug-likeness (QED) is 0.571. The number of hydrogen-bond donors (Lipinski definition) is 0. The van der Waals surface area contributed by atoms with Gasteiger partial charge in [0.05, 0.1) is 6.04 Å². The number of hydrogen-bond acceptors (Lipinski definition) is 4. The maximum Gasteiger partial charge on any atom is 0.424 e. The van der Waals surface area contributed by atoms with E-state index in [1.807, 2.05) is 0 Å². The van der Waals surface area contributed by atoms with Gasteiger partial charge < -0.3 is 4.74 Å². The molecule has 1 fully saturated rings. The summed E-state index contributed by atoms with van der Waals surface area (Å²) >= 11 is 0. The van der Waals surface area contributed by atoms with Crippen LogP contribution in [0, 0.1) is 0 Å². The number of rotatable bonds is 1. The lowest BCUT2D eigenvalue weighted by molar-refractivity contribution is 0.170. The van der Waals surface area contributed by atoms with E-state index >= 15 is 0 Å². The molecule has 0 aromatic rings. The highest BCUT2D eigenvalue weighted by Gasteiger charge is 2.38. The van der Waals surface area contributed by atoms with Gasteiger partial charge in [-0.05, 0) is 6.92 Å². The monoisotopic (exact) mass is 199 g/mol. The second kappa shape index (κ2) is 2.53. The topological polar surface area (TPSA) is 63.7 Å². The number of amides is 1. The van der Waals surface area contributed by atoms with Gasteiger partial charge in [-0.25, -0.2) is 4.79 Å². The number of halogens is 1. The van der Waals surface area contributed by atoms with Crippen LogP contribution in [0.4, 0.5) is 4.79 Å². The maximum atomic E-state index is 10.7. The van der Waals surface area contributed by atoms with Crippen LogP contribution in [-0.4, -0.2) is 31.5 Å². The fraction of sp³-hybridized carbons (Fsp3) is 0.750. The zero-order valence-corrected chi connectivity index (χ0v) is 7.22. The molecule has 0 N–H and O–H groups in total. The number of ether oxygens (including phenoxy) is 1. The molecular weight excluding hydrogens is 194 g/mol. The number of cyclic esters (lactones) is 1. The van der Waals surface area contributed by atoms with E-state index in [0.717, 1.165) is 0 Å². The largest absolute Gasteiger partial charge is 0.446 e. The minimum Gasteiger partial charge on any atom is -0.446 e. The molecular formula is C4H6ClNO4S. The van der Waals surface area contributed by atoms with Crippen LogP contribution < -0.4 is 0 Å². The van der Waals surface area contributed by atoms with Crippen molar-refractivity contribution in [3.05, 3.63) is 0 Å². The third-order valence-electron chi connectivity index (χ3n) is 1.26. The zero-order valence-electron chi connectivity index (χ0n) is 5.65. The van der Waals surface area contributed by atoms with Gasteiger partial charge in [0, 0.05) is 10.7 Å². The fourth-order valence-electron chi connectivity index (χ4n) is 0.807. The summed E-state index contributed by atoms with van der Waals surface area (Å²) in [7, 11) is 0.957. The molecule has 0 aromatic carbocycles. The van der Waals surface area contributed by atoms with Gasteiger partial charge in [0.1, 0.15) is 6.61 Å². The molecule has 1 aliphatic heterocycles. The van der Waals surface area contributed by atoms with Crippen LogP contribution in [0.15, 0.2) is 0 Å². The van der Waals surface area contributed by atoms with Gasteiger partial charge in [-0.1, -0.05) is 0 Å². The molecule has 0 aliphatic carbocycles. The minimum absolute atomic E-state index is 0.0603. The smallest absolute Gasteiger partial charge is 0.424 e. The Morgan fingerprint density at radius 2 is 2.27 bits per heavy atom. The van der Waals surface area contributed by atoms with Crippen molar-refractivity contribution in [2.24, 2.45) is 0 Å². The Bertz CT molecular complexity index is 274. The predicted molar refractivity (Wildman–Crippen MR) is 37.4 cm³/mol. The predicted octanol–water partition coefficient (Wildman–Crippen LogP) is 0.311. The lowest BCUT2D eigenvalue weighted by Crippen LogP contribution is -2.33. The van der Waals surface area contributed by atoms with Gasteiger partial charge in [0.15, 0.2) is 0 Å². The van der Waals surface area contributed by atoms with E-state index in [0.29, 0.717) is 4.31 Å². The van der Waals surface area contributed by atoms with Gasteiger partial charge in [0.2, 0.25) is 0 Å². The summed E-state index contributed by atoms with van der Waals surface area (Å²) in [6.45, 7) is 1.59. The molecule has 1 aliphatic rings. The Labute approximate surface area is 68.4 Å². The molecule has 1 rings (SSSR count). The Morgan fingerprint density at radius 1 is 1.73 bits per heavy atom. The Kier molecular flexibility index (Phi) is 1.98. The summed E-state index contributed by atoms with van der Waals surface area (Å²) in [4.78, 5) is 10.7. The van der Waals surface area contributed by atoms with E-state index in [1.54, 1.807) is 0 Å². The van der Waals surface area contributed by atoms with E-state index in [9.17, 15) is 13.2 Å². The van der Waals surface area contributed by atoms with Crippen LogP contribution in [-0.2, 0) is 14.0 Å². The molecule has 0 radical (unpaired) electrons. The summed E-state index contributed by atoms with van der Waals surface area (Å²) < 4.78 is 26.2. The highest BCUT2D eigenvalue weighted by Crippen LogP contribution is 2.18. The van der Waals surface area contributed by atoms with Crippen molar-refractivity contribution in [3.8, 4) is 0 Å². The molecule has 0 spiro atoms. The SMILES string of the molecule is C[C@H]1COC(=O)N1S(=O)(=O)Cl. The van der Waals surface area contributed by atoms with Crippen LogP contribution in [0.1, 0.15) is 6.92 Å². The van der Waals surface area contributed by atoms with Gasteiger partial charge in [-0.3, -0.25) is 0 Å². The first kappa shape index (κ1) is 8.61. The van der Waals surface area contributed by atoms with Crippen LogP contribution in [0.2, 0.25) is 0 Å². The van der Waals surface area contributed by atoms with Crippen molar-refractivity contribution in [3.63, 3.8) is 0 Å². The van der Waals surface area contributed by atoms with E-state index in [2.05, 4.69) is 4.74 Å². The van der Waals surface area contributed by atoms with Crippen LogP contribution in [0.25, 0.3) is 0 Å². The molecule has 1 atom stereocenters. The standard InChI is InChI=1S/C4H6ClNO4S/c1-3-2-10-4(7)6(3)11(5,8)9/h3H,2H2,1H3/t3-/m0/s1. The molecule has 0 bridgehead atoms. The third-order valence-corrected chi connectivity index (χ3v) is 2.69. The van der Waals surface area contributed by atoms with Crippen LogP contribution in [0.5, 0.6) is 0 Å².